The van der Waals surface area contributed by atoms with Crippen molar-refractivity contribution in [3.63, 3.8) is 0 Å². The summed E-state index contributed by atoms with van der Waals surface area (Å²) in [7, 11) is 0. The van der Waals surface area contributed by atoms with E-state index in [-0.39, 0.29) is 5.70 Å². The molecule has 1 rings (SSSR count). The van der Waals surface area contributed by atoms with Crippen LogP contribution >= 0.6 is 0 Å². The van der Waals surface area contributed by atoms with Gasteiger partial charge >= 0.3 is 0 Å². The molecular weight excluding hydrogens is 204 g/mol. The van der Waals surface area contributed by atoms with Gasteiger partial charge in [-0.25, -0.2) is 0 Å². The van der Waals surface area contributed by atoms with Gasteiger partial charge in [-0.3, -0.25) is 15.5 Å². The maximum Gasteiger partial charge on any atom is 0.273 e. The lowest BCUT2D eigenvalue weighted by atomic mass is 10.0. The van der Waals surface area contributed by atoms with Crippen LogP contribution < -0.4 is 10.8 Å². The summed E-state index contributed by atoms with van der Waals surface area (Å²) in [5.41, 5.74) is 3.50. The first-order valence-electron chi connectivity index (χ1n) is 5.05. The van der Waals surface area contributed by atoms with Gasteiger partial charge in [-0.2, -0.15) is 0 Å². The van der Waals surface area contributed by atoms with E-state index in [1.54, 1.807) is 5.48 Å². The van der Waals surface area contributed by atoms with E-state index in [9.17, 15) is 4.79 Å². The van der Waals surface area contributed by atoms with Crippen LogP contribution in [0.3, 0.4) is 0 Å². The molecule has 4 nitrogen and oxygen atoms in total. The van der Waals surface area contributed by atoms with Gasteiger partial charge in [0, 0.05) is 5.69 Å². The van der Waals surface area contributed by atoms with E-state index < -0.39 is 5.91 Å². The fourth-order valence-corrected chi connectivity index (χ4v) is 1.21. The quantitative estimate of drug-likeness (QED) is 0.538. The summed E-state index contributed by atoms with van der Waals surface area (Å²) in [6, 6.07) is 7.54. The predicted molar refractivity (Wildman–Crippen MR) is 63.2 cm³/mol. The van der Waals surface area contributed by atoms with Crippen molar-refractivity contribution in [2.45, 2.75) is 19.8 Å². The number of anilines is 1. The van der Waals surface area contributed by atoms with Crippen LogP contribution in [-0.2, 0) is 4.79 Å². The molecule has 0 saturated carbocycles. The summed E-state index contributed by atoms with van der Waals surface area (Å²) in [5, 5.41) is 11.1. The van der Waals surface area contributed by atoms with E-state index >= 15 is 0 Å². The zero-order valence-electron chi connectivity index (χ0n) is 9.45. The molecule has 4 heteroatoms. The lowest BCUT2D eigenvalue weighted by Gasteiger charge is -2.08. The van der Waals surface area contributed by atoms with Gasteiger partial charge in [0.2, 0.25) is 0 Å². The summed E-state index contributed by atoms with van der Waals surface area (Å²) in [6.45, 7) is 7.55. The molecule has 1 aromatic carbocycles. The highest BCUT2D eigenvalue weighted by Gasteiger charge is 2.06. The summed E-state index contributed by atoms with van der Waals surface area (Å²) < 4.78 is 0. The molecule has 0 bridgehead atoms. The summed E-state index contributed by atoms with van der Waals surface area (Å²) in [5.74, 6) is -0.00128. The third-order valence-corrected chi connectivity index (χ3v) is 2.24. The molecule has 0 spiro atoms. The highest BCUT2D eigenvalue weighted by Crippen LogP contribution is 2.17. The van der Waals surface area contributed by atoms with Crippen molar-refractivity contribution >= 4 is 11.6 Å². The largest absolute Gasteiger partial charge is 0.321 e. The molecule has 0 aliphatic rings. The van der Waals surface area contributed by atoms with E-state index in [0.29, 0.717) is 11.6 Å². The molecule has 86 valence electrons. The molecule has 0 heterocycles. The molecule has 16 heavy (non-hydrogen) atoms. The van der Waals surface area contributed by atoms with Crippen LogP contribution in [-0.4, -0.2) is 11.1 Å². The monoisotopic (exact) mass is 220 g/mol. The van der Waals surface area contributed by atoms with E-state index in [1.165, 1.54) is 5.56 Å². The SMILES string of the molecule is C=C(NO)C(=O)Nc1ccc(C(C)C)cc1. The van der Waals surface area contributed by atoms with Crippen LogP contribution in [0.1, 0.15) is 25.3 Å². The van der Waals surface area contributed by atoms with Crippen molar-refractivity contribution in [1.82, 2.24) is 5.48 Å². The first kappa shape index (κ1) is 12.3. The number of amides is 1. The van der Waals surface area contributed by atoms with Gasteiger partial charge in [0.1, 0.15) is 5.70 Å². The van der Waals surface area contributed by atoms with Crippen LogP contribution in [0.2, 0.25) is 0 Å². The van der Waals surface area contributed by atoms with Gasteiger partial charge < -0.3 is 5.32 Å². The van der Waals surface area contributed by atoms with Gasteiger partial charge in [0.15, 0.2) is 0 Å². The van der Waals surface area contributed by atoms with Gasteiger partial charge in [-0.05, 0) is 23.6 Å². The Morgan fingerprint density at radius 2 is 1.88 bits per heavy atom. The number of carbonyl (C=O) groups excluding carboxylic acids is 1. The van der Waals surface area contributed by atoms with Crippen LogP contribution in [0, 0.1) is 0 Å². The fraction of sp³-hybridized carbons (Fsp3) is 0.250. The number of rotatable bonds is 4. The average Bonchev–Trinajstić information content (AvgIpc) is 2.28. The van der Waals surface area contributed by atoms with E-state index in [0.717, 1.165) is 0 Å². The van der Waals surface area contributed by atoms with Crippen molar-refractivity contribution in [3.05, 3.63) is 42.1 Å². The number of nitrogens with one attached hydrogen (secondary N) is 2. The van der Waals surface area contributed by atoms with Gasteiger partial charge in [-0.15, -0.1) is 0 Å². The fourth-order valence-electron chi connectivity index (χ4n) is 1.21. The molecule has 0 aromatic heterocycles. The Bertz CT molecular complexity index is 383. The molecule has 0 radical (unpaired) electrons. The molecule has 3 N–H and O–H groups in total. The normalized spacial score (nSPS) is 10.0. The number of hydrogen-bond acceptors (Lipinski definition) is 3. The van der Waals surface area contributed by atoms with E-state index in [1.807, 2.05) is 24.3 Å². The minimum Gasteiger partial charge on any atom is -0.321 e. The minimum absolute atomic E-state index is 0.0899. The number of benzene rings is 1. The van der Waals surface area contributed by atoms with Crippen molar-refractivity contribution in [2.24, 2.45) is 0 Å². The highest BCUT2D eigenvalue weighted by atomic mass is 16.5. The summed E-state index contributed by atoms with van der Waals surface area (Å²) in [6.07, 6.45) is 0. The van der Waals surface area contributed by atoms with Gasteiger partial charge in [0.05, 0.1) is 0 Å². The van der Waals surface area contributed by atoms with Crippen LogP contribution in [0.15, 0.2) is 36.5 Å². The number of hydrogen-bond donors (Lipinski definition) is 3. The molecular formula is C12H16N2O2. The van der Waals surface area contributed by atoms with Gasteiger partial charge in [0.25, 0.3) is 5.91 Å². The second-order valence-electron chi connectivity index (χ2n) is 3.82. The van der Waals surface area contributed by atoms with Crippen LogP contribution in [0.25, 0.3) is 0 Å². The molecule has 0 unspecified atom stereocenters. The Balaban J connectivity index is 2.69. The minimum atomic E-state index is -0.459. The molecule has 0 saturated heterocycles. The van der Waals surface area contributed by atoms with Crippen molar-refractivity contribution in [1.29, 1.82) is 0 Å². The Hall–Kier alpha value is -1.81. The van der Waals surface area contributed by atoms with E-state index in [2.05, 4.69) is 25.7 Å². The molecule has 0 aliphatic carbocycles. The second kappa shape index (κ2) is 5.32. The first-order chi connectivity index (χ1) is 7.54. The highest BCUT2D eigenvalue weighted by molar-refractivity contribution is 6.02. The Labute approximate surface area is 94.9 Å². The van der Waals surface area contributed by atoms with Gasteiger partial charge in [-0.1, -0.05) is 32.6 Å². The number of hydroxylamine groups is 1. The molecule has 1 amide bonds. The van der Waals surface area contributed by atoms with Crippen molar-refractivity contribution in [2.75, 3.05) is 5.32 Å². The lowest BCUT2D eigenvalue weighted by molar-refractivity contribution is -0.114. The maximum absolute atomic E-state index is 11.3. The Morgan fingerprint density at radius 1 is 1.31 bits per heavy atom. The van der Waals surface area contributed by atoms with Crippen molar-refractivity contribution < 1.29 is 10.0 Å². The Kier molecular flexibility index (Phi) is 4.08. The van der Waals surface area contributed by atoms with Crippen molar-refractivity contribution in [3.8, 4) is 0 Å². The standard InChI is InChI=1S/C12H16N2O2/c1-8(2)10-4-6-11(7-5-10)13-12(15)9(3)14-16/h4-8,14,16H,3H2,1-2H3,(H,13,15). The number of carbonyl (C=O) groups is 1. The molecule has 0 atom stereocenters. The van der Waals surface area contributed by atoms with E-state index in [4.69, 9.17) is 5.21 Å². The lowest BCUT2D eigenvalue weighted by Crippen LogP contribution is -2.22. The second-order valence-corrected chi connectivity index (χ2v) is 3.82. The zero-order valence-corrected chi connectivity index (χ0v) is 9.45. The maximum atomic E-state index is 11.3. The smallest absolute Gasteiger partial charge is 0.273 e. The summed E-state index contributed by atoms with van der Waals surface area (Å²) >= 11 is 0. The third-order valence-electron chi connectivity index (χ3n) is 2.24. The summed E-state index contributed by atoms with van der Waals surface area (Å²) in [4.78, 5) is 11.3. The predicted octanol–water partition coefficient (Wildman–Crippen LogP) is 2.24. The topological polar surface area (TPSA) is 61.4 Å². The Morgan fingerprint density at radius 3 is 2.31 bits per heavy atom. The zero-order chi connectivity index (χ0) is 12.1. The third kappa shape index (κ3) is 3.10. The molecule has 0 fully saturated rings. The van der Waals surface area contributed by atoms with Crippen LogP contribution in [0.5, 0.6) is 0 Å². The molecule has 1 aromatic rings. The average molecular weight is 220 g/mol. The first-order valence-corrected chi connectivity index (χ1v) is 5.05. The van der Waals surface area contributed by atoms with Crippen LogP contribution in [0.4, 0.5) is 5.69 Å². The molecule has 0 aliphatic heterocycles.